The molecule has 0 aliphatic carbocycles. The monoisotopic (exact) mass is 280 g/mol. The number of anilines is 1. The molecule has 1 aromatic rings. The zero-order valence-corrected chi connectivity index (χ0v) is 12.6. The number of carbonyl (C=O) groups excluding carboxylic acids is 1. The maximum atomic E-state index is 11.3. The molecule has 0 N–H and O–H groups in total. The molecule has 1 spiro atoms. The minimum atomic E-state index is 0.118. The van der Waals surface area contributed by atoms with Crippen molar-refractivity contribution in [2.24, 2.45) is 5.41 Å². The zero-order chi connectivity index (χ0) is 14.9. The van der Waals surface area contributed by atoms with Gasteiger partial charge >= 0.3 is 0 Å². The fourth-order valence-corrected chi connectivity index (χ4v) is 3.92. The van der Waals surface area contributed by atoms with E-state index in [2.05, 4.69) is 23.0 Å². The minimum absolute atomic E-state index is 0.118. The lowest BCUT2D eigenvalue weighted by molar-refractivity contribution is 0.101. The Bertz CT molecular complexity index is 567. The van der Waals surface area contributed by atoms with Gasteiger partial charge in [0.1, 0.15) is 0 Å². The van der Waals surface area contributed by atoms with Crippen molar-refractivity contribution in [1.82, 2.24) is 0 Å². The quantitative estimate of drug-likeness (QED) is 0.615. The highest BCUT2D eigenvalue weighted by Gasteiger charge is 2.43. The molecule has 108 valence electrons. The van der Waals surface area contributed by atoms with Gasteiger partial charge in [-0.25, -0.2) is 5.26 Å². The van der Waals surface area contributed by atoms with Crippen molar-refractivity contribution in [1.29, 1.82) is 5.26 Å². The van der Waals surface area contributed by atoms with Gasteiger partial charge in [-0.1, -0.05) is 19.1 Å². The molecule has 1 aromatic carbocycles. The second-order valence-corrected chi connectivity index (χ2v) is 6.66. The third-order valence-electron chi connectivity index (χ3n) is 5.35. The van der Waals surface area contributed by atoms with Crippen LogP contribution in [0.2, 0.25) is 12.6 Å². The number of piperidine rings is 1. The second-order valence-electron chi connectivity index (χ2n) is 6.66. The number of ketones is 1. The normalized spacial score (nSPS) is 20.6. The first kappa shape index (κ1) is 14.2. The van der Waals surface area contributed by atoms with Crippen molar-refractivity contribution >= 4 is 18.2 Å². The third kappa shape index (κ3) is 2.83. The maximum Gasteiger partial charge on any atom is 0.268 e. The van der Waals surface area contributed by atoms with Crippen molar-refractivity contribution in [3.05, 3.63) is 29.8 Å². The summed E-state index contributed by atoms with van der Waals surface area (Å²) < 4.78 is 0. The number of nitrogens with zero attached hydrogens (tertiary/aromatic N) is 2. The number of rotatable bonds is 2. The minimum Gasteiger partial charge on any atom is -0.371 e. The summed E-state index contributed by atoms with van der Waals surface area (Å²) in [5, 5.41) is 9.09. The van der Waals surface area contributed by atoms with Gasteiger partial charge in [0.25, 0.3) is 6.71 Å². The Labute approximate surface area is 127 Å². The summed E-state index contributed by atoms with van der Waals surface area (Å²) in [5.74, 6) is 2.57. The molecule has 3 nitrogen and oxygen atoms in total. The lowest BCUT2D eigenvalue weighted by atomic mass is 9.48. The van der Waals surface area contributed by atoms with Crippen LogP contribution in [0.4, 0.5) is 5.69 Å². The average Bonchev–Trinajstić information content (AvgIpc) is 2.91. The van der Waals surface area contributed by atoms with Crippen LogP contribution in [0.15, 0.2) is 24.3 Å². The van der Waals surface area contributed by atoms with Gasteiger partial charge in [-0.2, -0.15) is 0 Å². The van der Waals surface area contributed by atoms with E-state index < -0.39 is 0 Å². The van der Waals surface area contributed by atoms with Crippen molar-refractivity contribution in [3.8, 4) is 5.97 Å². The van der Waals surface area contributed by atoms with E-state index >= 15 is 0 Å². The van der Waals surface area contributed by atoms with E-state index in [4.69, 9.17) is 5.26 Å². The maximum absolute atomic E-state index is 11.3. The molecule has 2 aliphatic heterocycles. The van der Waals surface area contributed by atoms with Gasteiger partial charge in [0.2, 0.25) is 0 Å². The smallest absolute Gasteiger partial charge is 0.268 e. The van der Waals surface area contributed by atoms with E-state index in [-0.39, 0.29) is 12.5 Å². The Kier molecular flexibility index (Phi) is 3.76. The van der Waals surface area contributed by atoms with Crippen LogP contribution in [0.1, 0.15) is 36.5 Å². The van der Waals surface area contributed by atoms with Gasteiger partial charge < -0.3 is 4.90 Å². The summed E-state index contributed by atoms with van der Waals surface area (Å²) in [5.41, 5.74) is 2.42. The number of hydrogen-bond donors (Lipinski definition) is 0. The Morgan fingerprint density at radius 1 is 1.24 bits per heavy atom. The molecule has 0 atom stereocenters. The number of Topliss-reactive ketones (excluding diaryl/α,β-unsaturated/α-hetero) is 1. The largest absolute Gasteiger partial charge is 0.371 e. The van der Waals surface area contributed by atoms with E-state index in [1.54, 1.807) is 6.92 Å². The lowest BCUT2D eigenvalue weighted by Gasteiger charge is -2.40. The molecule has 2 fully saturated rings. The van der Waals surface area contributed by atoms with Gasteiger partial charge in [0, 0.05) is 30.3 Å². The van der Waals surface area contributed by atoms with Gasteiger partial charge in [0.05, 0.1) is 0 Å². The Morgan fingerprint density at radius 3 is 2.43 bits per heavy atom. The van der Waals surface area contributed by atoms with E-state index in [1.165, 1.54) is 24.9 Å². The van der Waals surface area contributed by atoms with E-state index in [1.807, 2.05) is 12.1 Å². The first-order chi connectivity index (χ1) is 10.1. The fourth-order valence-electron chi connectivity index (χ4n) is 3.92. The molecule has 4 heteroatoms. The van der Waals surface area contributed by atoms with E-state index in [0.717, 1.165) is 31.3 Å². The van der Waals surface area contributed by atoms with Crippen LogP contribution < -0.4 is 4.90 Å². The molecule has 0 unspecified atom stereocenters. The SMILES string of the molecule is CC(=O)c1ccc(N2CCC3(CCB(C#N)C3)CC2)cc1. The Morgan fingerprint density at radius 2 is 1.90 bits per heavy atom. The molecule has 2 heterocycles. The van der Waals surface area contributed by atoms with Crippen molar-refractivity contribution in [2.45, 2.75) is 38.8 Å². The van der Waals surface area contributed by atoms with Gasteiger partial charge in [-0.05, 0) is 49.4 Å². The first-order valence-electron chi connectivity index (χ1n) is 7.87. The van der Waals surface area contributed by atoms with Crippen LogP contribution in [-0.2, 0) is 0 Å². The van der Waals surface area contributed by atoms with Crippen molar-refractivity contribution < 1.29 is 4.79 Å². The van der Waals surface area contributed by atoms with Crippen LogP contribution in [0.3, 0.4) is 0 Å². The predicted octanol–water partition coefficient (Wildman–Crippen LogP) is 3.44. The second kappa shape index (κ2) is 5.56. The predicted molar refractivity (Wildman–Crippen MR) is 85.9 cm³/mol. The van der Waals surface area contributed by atoms with Crippen molar-refractivity contribution in [2.75, 3.05) is 18.0 Å². The molecule has 2 saturated heterocycles. The topological polar surface area (TPSA) is 44.1 Å². The Hall–Kier alpha value is -1.76. The highest BCUT2D eigenvalue weighted by atomic mass is 16.1. The fraction of sp³-hybridized carbons (Fsp3) is 0.529. The van der Waals surface area contributed by atoms with Crippen LogP contribution in [0.25, 0.3) is 0 Å². The summed E-state index contributed by atoms with van der Waals surface area (Å²) >= 11 is 0. The number of benzene rings is 1. The summed E-state index contributed by atoms with van der Waals surface area (Å²) in [7, 11) is 0. The molecule has 0 aromatic heterocycles. The van der Waals surface area contributed by atoms with Gasteiger partial charge in [0.15, 0.2) is 5.78 Å². The summed E-state index contributed by atoms with van der Waals surface area (Å²) in [6.07, 6.45) is 5.80. The lowest BCUT2D eigenvalue weighted by Crippen LogP contribution is -2.39. The standard InChI is InChI=1S/C17H21BN2O/c1-14(21)15-2-4-16(5-3-15)20-10-7-17(8-11-20)6-9-18(12-17)13-19/h2-5H,6-12H2,1H3. The average molecular weight is 280 g/mol. The van der Waals surface area contributed by atoms with E-state index in [0.29, 0.717) is 5.41 Å². The van der Waals surface area contributed by atoms with Gasteiger partial charge in [-0.3, -0.25) is 4.79 Å². The Balaban J connectivity index is 1.63. The van der Waals surface area contributed by atoms with Crippen LogP contribution >= 0.6 is 0 Å². The van der Waals surface area contributed by atoms with Crippen LogP contribution in [0.5, 0.6) is 0 Å². The molecule has 3 rings (SSSR count). The number of nitriles is 1. The molecule has 0 amide bonds. The molecular formula is C17H21BN2O. The molecule has 0 saturated carbocycles. The molecular weight excluding hydrogens is 259 g/mol. The summed E-state index contributed by atoms with van der Waals surface area (Å²) in [4.78, 5) is 13.7. The molecule has 2 aliphatic rings. The van der Waals surface area contributed by atoms with Gasteiger partial charge in [-0.15, -0.1) is 0 Å². The number of hydrogen-bond acceptors (Lipinski definition) is 3. The molecule has 0 radical (unpaired) electrons. The summed E-state index contributed by atoms with van der Waals surface area (Å²) in [6, 6.07) is 7.95. The van der Waals surface area contributed by atoms with E-state index in [9.17, 15) is 4.79 Å². The number of carbonyl (C=O) groups is 1. The molecule has 0 bridgehead atoms. The first-order valence-corrected chi connectivity index (χ1v) is 7.87. The zero-order valence-electron chi connectivity index (χ0n) is 12.6. The highest BCUT2D eigenvalue weighted by molar-refractivity contribution is 6.67. The molecule has 21 heavy (non-hydrogen) atoms. The highest BCUT2D eigenvalue weighted by Crippen LogP contribution is 2.47. The van der Waals surface area contributed by atoms with Crippen LogP contribution in [0, 0.1) is 16.6 Å². The van der Waals surface area contributed by atoms with Crippen LogP contribution in [-0.4, -0.2) is 25.6 Å². The summed E-state index contributed by atoms with van der Waals surface area (Å²) in [6.45, 7) is 4.02. The third-order valence-corrected chi connectivity index (χ3v) is 5.35. The van der Waals surface area contributed by atoms with Crippen molar-refractivity contribution in [3.63, 3.8) is 0 Å².